The van der Waals surface area contributed by atoms with E-state index in [4.69, 9.17) is 10.2 Å². The SMILES string of the molecule is CC[N+](C)(C)C(O)O.[OH-]. The van der Waals surface area contributed by atoms with E-state index in [-0.39, 0.29) is 9.96 Å². The number of aliphatic hydroxyl groups is 2. The van der Waals surface area contributed by atoms with Crippen LogP contribution in [0.25, 0.3) is 0 Å². The molecule has 0 saturated carbocycles. The predicted molar refractivity (Wildman–Crippen MR) is 32.8 cm³/mol. The van der Waals surface area contributed by atoms with E-state index in [0.29, 0.717) is 0 Å². The van der Waals surface area contributed by atoms with Crippen LogP contribution in [0.15, 0.2) is 0 Å². The van der Waals surface area contributed by atoms with Crippen molar-refractivity contribution < 1.29 is 20.2 Å². The predicted octanol–water partition coefficient (Wildman–Crippen LogP) is -0.826. The molecule has 0 bridgehead atoms. The van der Waals surface area contributed by atoms with Gasteiger partial charge in [-0.1, -0.05) is 0 Å². The average molecular weight is 137 g/mol. The summed E-state index contributed by atoms with van der Waals surface area (Å²) in [6, 6.07) is 0. The van der Waals surface area contributed by atoms with Crippen LogP contribution in [0.2, 0.25) is 0 Å². The van der Waals surface area contributed by atoms with Crippen LogP contribution >= 0.6 is 0 Å². The van der Waals surface area contributed by atoms with Crippen LogP contribution in [0.3, 0.4) is 0 Å². The van der Waals surface area contributed by atoms with Crippen molar-refractivity contribution in [1.29, 1.82) is 0 Å². The van der Waals surface area contributed by atoms with Crippen molar-refractivity contribution in [1.82, 2.24) is 0 Å². The quantitative estimate of drug-likeness (QED) is 0.385. The summed E-state index contributed by atoms with van der Waals surface area (Å²) in [7, 11) is 3.51. The Hall–Kier alpha value is -0.160. The molecule has 0 atom stereocenters. The molecule has 0 aromatic rings. The van der Waals surface area contributed by atoms with E-state index in [1.807, 2.05) is 6.92 Å². The van der Waals surface area contributed by atoms with Crippen molar-refractivity contribution in [3.8, 4) is 0 Å². The van der Waals surface area contributed by atoms with Gasteiger partial charge in [-0.15, -0.1) is 0 Å². The fourth-order valence-corrected chi connectivity index (χ4v) is 0.163. The zero-order valence-corrected chi connectivity index (χ0v) is 6.07. The zero-order chi connectivity index (χ0) is 6.78. The molecule has 9 heavy (non-hydrogen) atoms. The Morgan fingerprint density at radius 2 is 1.67 bits per heavy atom. The first kappa shape index (κ1) is 11.6. The lowest BCUT2D eigenvalue weighted by atomic mass is 10.5. The Bertz CT molecular complexity index is 72.6. The van der Waals surface area contributed by atoms with Crippen molar-refractivity contribution in [2.75, 3.05) is 20.6 Å². The van der Waals surface area contributed by atoms with Gasteiger partial charge in [-0.3, -0.25) is 4.48 Å². The molecule has 0 aliphatic heterocycles. The maximum Gasteiger partial charge on any atom is 0.303 e. The summed E-state index contributed by atoms with van der Waals surface area (Å²) in [4.78, 5) is 0. The second-order valence-corrected chi connectivity index (χ2v) is 2.44. The number of hydrogen-bond acceptors (Lipinski definition) is 3. The molecule has 0 fully saturated rings. The van der Waals surface area contributed by atoms with E-state index < -0.39 is 6.41 Å². The van der Waals surface area contributed by atoms with Crippen LogP contribution in [-0.2, 0) is 0 Å². The van der Waals surface area contributed by atoms with E-state index in [9.17, 15) is 0 Å². The molecule has 4 nitrogen and oxygen atoms in total. The van der Waals surface area contributed by atoms with Gasteiger partial charge in [0.1, 0.15) is 0 Å². The Morgan fingerprint density at radius 1 is 1.33 bits per heavy atom. The molecule has 0 aromatic carbocycles. The third-order valence-electron chi connectivity index (χ3n) is 1.44. The van der Waals surface area contributed by atoms with Crippen LogP contribution in [-0.4, -0.2) is 47.2 Å². The highest BCUT2D eigenvalue weighted by Crippen LogP contribution is 1.97. The molecule has 0 rings (SSSR count). The second-order valence-electron chi connectivity index (χ2n) is 2.44. The lowest BCUT2D eigenvalue weighted by Gasteiger charge is -2.28. The van der Waals surface area contributed by atoms with Crippen molar-refractivity contribution >= 4 is 0 Å². The maximum atomic E-state index is 8.61. The topological polar surface area (TPSA) is 70.5 Å². The molecule has 0 heterocycles. The van der Waals surface area contributed by atoms with E-state index in [2.05, 4.69) is 0 Å². The van der Waals surface area contributed by atoms with Gasteiger partial charge in [0.25, 0.3) is 0 Å². The summed E-state index contributed by atoms with van der Waals surface area (Å²) < 4.78 is 0.236. The van der Waals surface area contributed by atoms with E-state index >= 15 is 0 Å². The summed E-state index contributed by atoms with van der Waals surface area (Å²) in [5.41, 5.74) is 0. The van der Waals surface area contributed by atoms with Crippen molar-refractivity contribution in [2.24, 2.45) is 0 Å². The molecule has 0 spiro atoms. The standard InChI is InChI=1S/C5H14NO2.H2O/c1-4-6(2,3)5(7)8;/h5,7-8H,4H2,1-3H3;1H2/q+1;/p-1. The van der Waals surface area contributed by atoms with Gasteiger partial charge in [0, 0.05) is 0 Å². The lowest BCUT2D eigenvalue weighted by molar-refractivity contribution is -0.959. The Labute approximate surface area is 55.2 Å². The normalized spacial score (nSPS) is 11.3. The molecule has 3 N–H and O–H groups in total. The number of hydrogen-bond donors (Lipinski definition) is 2. The molecule has 0 saturated heterocycles. The first-order chi connectivity index (χ1) is 3.50. The fraction of sp³-hybridized carbons (Fsp3) is 1.00. The number of rotatable bonds is 2. The zero-order valence-electron chi connectivity index (χ0n) is 6.07. The van der Waals surface area contributed by atoms with Crippen LogP contribution in [0.1, 0.15) is 6.92 Å². The van der Waals surface area contributed by atoms with Crippen molar-refractivity contribution in [2.45, 2.75) is 13.3 Å². The molecule has 0 aliphatic rings. The van der Waals surface area contributed by atoms with Crippen LogP contribution < -0.4 is 0 Å². The van der Waals surface area contributed by atoms with Crippen LogP contribution in [0, 0.1) is 0 Å². The maximum absolute atomic E-state index is 8.61. The third kappa shape index (κ3) is 3.42. The molecule has 58 valence electrons. The van der Waals surface area contributed by atoms with Gasteiger partial charge in [-0.05, 0) is 6.92 Å². The molecule has 0 aromatic heterocycles. The lowest BCUT2D eigenvalue weighted by Crippen LogP contribution is -2.48. The molecule has 0 radical (unpaired) electrons. The van der Waals surface area contributed by atoms with Crippen molar-refractivity contribution in [3.63, 3.8) is 0 Å². The largest absolute Gasteiger partial charge is 0.870 e. The van der Waals surface area contributed by atoms with Gasteiger partial charge in [0.2, 0.25) is 0 Å². The van der Waals surface area contributed by atoms with Gasteiger partial charge in [0.05, 0.1) is 20.6 Å². The molecule has 0 unspecified atom stereocenters. The van der Waals surface area contributed by atoms with Gasteiger partial charge < -0.3 is 15.7 Å². The second kappa shape index (κ2) is 3.79. The van der Waals surface area contributed by atoms with E-state index in [1.165, 1.54) is 0 Å². The summed E-state index contributed by atoms with van der Waals surface area (Å²) >= 11 is 0. The Balaban J connectivity index is 0. The Kier molecular flexibility index (Phi) is 4.89. The van der Waals surface area contributed by atoms with Crippen LogP contribution in [0.4, 0.5) is 0 Å². The van der Waals surface area contributed by atoms with Gasteiger partial charge in [-0.2, -0.15) is 0 Å². The third-order valence-corrected chi connectivity index (χ3v) is 1.44. The minimum atomic E-state index is -1.25. The fourth-order valence-electron chi connectivity index (χ4n) is 0.163. The summed E-state index contributed by atoms with van der Waals surface area (Å²) in [5.74, 6) is 0. The van der Waals surface area contributed by atoms with Gasteiger partial charge in [0.15, 0.2) is 0 Å². The average Bonchev–Trinajstić information content (AvgIpc) is 1.67. The minimum absolute atomic E-state index is 0. The highest BCUT2D eigenvalue weighted by atomic mass is 16.5. The number of nitrogens with zero attached hydrogens (tertiary/aromatic N) is 1. The number of aliphatic hydroxyl groups excluding tert-OH is 1. The highest BCUT2D eigenvalue weighted by molar-refractivity contribution is 4.16. The van der Waals surface area contributed by atoms with Crippen molar-refractivity contribution in [3.05, 3.63) is 0 Å². The van der Waals surface area contributed by atoms with Gasteiger partial charge in [-0.25, -0.2) is 0 Å². The minimum Gasteiger partial charge on any atom is -0.870 e. The first-order valence-electron chi connectivity index (χ1n) is 2.69. The van der Waals surface area contributed by atoms with E-state index in [0.717, 1.165) is 6.54 Å². The summed E-state index contributed by atoms with van der Waals surface area (Å²) in [6.07, 6.45) is -1.25. The molecular weight excluding hydrogens is 122 g/mol. The molecule has 4 heteroatoms. The number of quaternary nitrogens is 1. The molecule has 0 amide bonds. The van der Waals surface area contributed by atoms with Gasteiger partial charge >= 0.3 is 6.41 Å². The monoisotopic (exact) mass is 137 g/mol. The smallest absolute Gasteiger partial charge is 0.303 e. The van der Waals surface area contributed by atoms with Crippen LogP contribution in [0.5, 0.6) is 0 Å². The molecule has 0 aliphatic carbocycles. The molecular formula is C5H15NO3. The summed E-state index contributed by atoms with van der Waals surface area (Å²) in [5, 5.41) is 17.2. The Morgan fingerprint density at radius 3 is 1.67 bits per heavy atom. The van der Waals surface area contributed by atoms with E-state index in [1.54, 1.807) is 14.1 Å². The highest BCUT2D eigenvalue weighted by Gasteiger charge is 2.19. The summed E-state index contributed by atoms with van der Waals surface area (Å²) in [6.45, 7) is 2.62. The first-order valence-corrected chi connectivity index (χ1v) is 2.69.